The van der Waals surface area contributed by atoms with E-state index in [9.17, 15) is 35.4 Å². The molecule has 0 unspecified atom stereocenters. The van der Waals surface area contributed by atoms with E-state index in [2.05, 4.69) is 0 Å². The second-order valence-electron chi connectivity index (χ2n) is 10.2. The third-order valence-electron chi connectivity index (χ3n) is 6.74. The number of aromatic hydroxyl groups is 1. The van der Waals surface area contributed by atoms with Crippen molar-refractivity contribution >= 4 is 12.0 Å². The molecule has 2 aliphatic rings. The average Bonchev–Trinajstić information content (AvgIpc) is 2.92. The molecular formula is C27H40O13. The first-order valence-corrected chi connectivity index (χ1v) is 13.1. The lowest BCUT2D eigenvalue weighted by Crippen LogP contribution is -2.65. The van der Waals surface area contributed by atoms with Gasteiger partial charge < -0.3 is 59.1 Å². The number of rotatable bonds is 11. The topological polar surface area (TPSA) is 194 Å². The van der Waals surface area contributed by atoms with Crippen molar-refractivity contribution in [2.45, 2.75) is 88.6 Å². The lowest BCUT2D eigenvalue weighted by atomic mass is 9.97. The summed E-state index contributed by atoms with van der Waals surface area (Å²) >= 11 is 0. The number of esters is 1. The molecule has 0 spiro atoms. The maximum absolute atomic E-state index is 12.8. The van der Waals surface area contributed by atoms with Crippen LogP contribution >= 0.6 is 0 Å². The maximum atomic E-state index is 12.8. The van der Waals surface area contributed by atoms with Crippen LogP contribution in [0.25, 0.3) is 6.08 Å². The molecule has 40 heavy (non-hydrogen) atoms. The molecule has 10 atom stereocenters. The van der Waals surface area contributed by atoms with Crippen LogP contribution in [0.1, 0.15) is 32.8 Å². The van der Waals surface area contributed by atoms with Crippen LogP contribution in [0, 0.1) is 5.92 Å². The van der Waals surface area contributed by atoms with E-state index >= 15 is 0 Å². The summed E-state index contributed by atoms with van der Waals surface area (Å²) in [5.41, 5.74) is 0.511. The van der Waals surface area contributed by atoms with Crippen LogP contribution in [-0.4, -0.2) is 118 Å². The standard InChI is InChI=1S/C27H40O13/c1-13(2)9-10-36-26-23(34)25(40-27-22(33)21(32)20(31)14(3)37-27)24(18(12-28)38-26)39-19(30)8-6-15-5-7-16(29)17(11-15)35-4/h5-8,11,13-14,18,20-29,31-34H,9-10,12H2,1-4H3/b8-6+/t14-,18+,20-,21+,22+,23+,24+,25+,26+,27-/m0/s1. The zero-order valence-electron chi connectivity index (χ0n) is 22.9. The van der Waals surface area contributed by atoms with E-state index in [-0.39, 0.29) is 18.1 Å². The number of phenolic OH excluding ortho intramolecular Hbond substituents is 1. The molecule has 0 saturated carbocycles. The van der Waals surface area contributed by atoms with Gasteiger partial charge in [0.2, 0.25) is 0 Å². The normalized spacial score (nSPS) is 34.8. The van der Waals surface area contributed by atoms with Gasteiger partial charge in [-0.2, -0.15) is 0 Å². The van der Waals surface area contributed by atoms with Crippen LogP contribution in [0.2, 0.25) is 0 Å². The van der Waals surface area contributed by atoms with Crippen molar-refractivity contribution in [1.82, 2.24) is 0 Å². The number of hydrogen-bond donors (Lipinski definition) is 6. The molecule has 0 aliphatic carbocycles. The molecule has 2 heterocycles. The van der Waals surface area contributed by atoms with E-state index in [1.54, 1.807) is 6.07 Å². The molecular weight excluding hydrogens is 532 g/mol. The van der Waals surface area contributed by atoms with Gasteiger partial charge in [0.05, 0.1) is 26.4 Å². The van der Waals surface area contributed by atoms with Gasteiger partial charge in [-0.1, -0.05) is 19.9 Å². The van der Waals surface area contributed by atoms with Crippen LogP contribution in [0.5, 0.6) is 11.5 Å². The zero-order chi connectivity index (χ0) is 29.6. The monoisotopic (exact) mass is 572 g/mol. The Labute approximate surface area is 232 Å². The molecule has 0 aromatic heterocycles. The Morgan fingerprint density at radius 1 is 1.02 bits per heavy atom. The molecule has 13 nitrogen and oxygen atoms in total. The molecule has 2 fully saturated rings. The highest BCUT2D eigenvalue weighted by Crippen LogP contribution is 2.32. The van der Waals surface area contributed by atoms with Crippen LogP contribution < -0.4 is 4.74 Å². The number of benzene rings is 1. The van der Waals surface area contributed by atoms with E-state index in [4.69, 9.17) is 28.4 Å². The van der Waals surface area contributed by atoms with Crippen LogP contribution in [-0.2, 0) is 28.5 Å². The number of aliphatic hydroxyl groups excluding tert-OH is 5. The van der Waals surface area contributed by atoms with Crippen molar-refractivity contribution in [2.75, 3.05) is 20.3 Å². The van der Waals surface area contributed by atoms with Gasteiger partial charge in [0.1, 0.15) is 36.6 Å². The van der Waals surface area contributed by atoms with E-state index < -0.39 is 74.0 Å². The lowest BCUT2D eigenvalue weighted by molar-refractivity contribution is -0.357. The minimum atomic E-state index is -1.70. The first kappa shape index (κ1) is 32.2. The Morgan fingerprint density at radius 3 is 2.40 bits per heavy atom. The van der Waals surface area contributed by atoms with Gasteiger partial charge in [-0.15, -0.1) is 0 Å². The molecule has 1 aromatic rings. The molecule has 2 aliphatic heterocycles. The number of aliphatic hydroxyl groups is 5. The third-order valence-corrected chi connectivity index (χ3v) is 6.74. The van der Waals surface area contributed by atoms with E-state index in [1.807, 2.05) is 13.8 Å². The quantitative estimate of drug-likeness (QED) is 0.149. The first-order valence-electron chi connectivity index (χ1n) is 13.1. The summed E-state index contributed by atoms with van der Waals surface area (Å²) in [6, 6.07) is 4.43. The Kier molecular flexibility index (Phi) is 11.7. The van der Waals surface area contributed by atoms with Crippen LogP contribution in [0.15, 0.2) is 24.3 Å². The summed E-state index contributed by atoms with van der Waals surface area (Å²) in [5, 5.41) is 61.7. The number of methoxy groups -OCH3 is 1. The summed E-state index contributed by atoms with van der Waals surface area (Å²) in [5.74, 6) is -0.460. The number of ether oxygens (including phenoxy) is 6. The van der Waals surface area contributed by atoms with Crippen molar-refractivity contribution < 1.29 is 63.9 Å². The second-order valence-corrected chi connectivity index (χ2v) is 10.2. The summed E-state index contributed by atoms with van der Waals surface area (Å²) in [4.78, 5) is 12.8. The highest BCUT2D eigenvalue weighted by molar-refractivity contribution is 5.87. The molecule has 13 heteroatoms. The third kappa shape index (κ3) is 7.90. The zero-order valence-corrected chi connectivity index (χ0v) is 22.9. The summed E-state index contributed by atoms with van der Waals surface area (Å²) in [7, 11) is 1.38. The number of carbonyl (C=O) groups excluding carboxylic acids is 1. The maximum Gasteiger partial charge on any atom is 0.331 e. The first-order chi connectivity index (χ1) is 19.0. The molecule has 3 rings (SSSR count). The molecule has 6 N–H and O–H groups in total. The fraction of sp³-hybridized carbons (Fsp3) is 0.667. The Balaban J connectivity index is 1.82. The predicted octanol–water partition coefficient (Wildman–Crippen LogP) is -0.321. The minimum absolute atomic E-state index is 0.0782. The van der Waals surface area contributed by atoms with Crippen molar-refractivity contribution in [3.05, 3.63) is 29.8 Å². The summed E-state index contributed by atoms with van der Waals surface area (Å²) in [6.07, 6.45) is -10.9. The summed E-state index contributed by atoms with van der Waals surface area (Å²) < 4.78 is 33.4. The number of hydrogen-bond acceptors (Lipinski definition) is 13. The van der Waals surface area contributed by atoms with Crippen LogP contribution in [0.3, 0.4) is 0 Å². The van der Waals surface area contributed by atoms with Gasteiger partial charge in [-0.25, -0.2) is 4.79 Å². The van der Waals surface area contributed by atoms with Gasteiger partial charge >= 0.3 is 5.97 Å². The SMILES string of the molecule is COc1cc(/C=C/C(=O)O[C@H]2[C@H](O[C@@H]3O[C@@H](C)[C@H](O)[C@@H](O)[C@H]3O)[C@@H](O)[C@H](OCCC(C)C)O[C@@H]2CO)ccc1O. The Morgan fingerprint density at radius 2 is 1.75 bits per heavy atom. The second kappa shape index (κ2) is 14.5. The minimum Gasteiger partial charge on any atom is -0.504 e. The largest absolute Gasteiger partial charge is 0.504 e. The van der Waals surface area contributed by atoms with E-state index in [1.165, 1.54) is 32.2 Å². The number of phenols is 1. The molecule has 0 bridgehead atoms. The number of carbonyl (C=O) groups is 1. The molecule has 2 saturated heterocycles. The van der Waals surface area contributed by atoms with Gasteiger partial charge in [0.25, 0.3) is 0 Å². The van der Waals surface area contributed by atoms with E-state index in [0.29, 0.717) is 17.9 Å². The van der Waals surface area contributed by atoms with Gasteiger partial charge in [0, 0.05) is 6.08 Å². The van der Waals surface area contributed by atoms with E-state index in [0.717, 1.165) is 6.08 Å². The molecule has 0 radical (unpaired) electrons. The van der Waals surface area contributed by atoms with Crippen molar-refractivity contribution in [3.63, 3.8) is 0 Å². The fourth-order valence-electron chi connectivity index (χ4n) is 4.31. The van der Waals surface area contributed by atoms with Crippen molar-refractivity contribution in [1.29, 1.82) is 0 Å². The highest BCUT2D eigenvalue weighted by Gasteiger charge is 2.52. The summed E-state index contributed by atoms with van der Waals surface area (Å²) in [6.45, 7) is 5.02. The molecule has 226 valence electrons. The lowest BCUT2D eigenvalue weighted by Gasteiger charge is -2.46. The fourth-order valence-corrected chi connectivity index (χ4v) is 4.31. The van der Waals surface area contributed by atoms with Crippen molar-refractivity contribution in [2.24, 2.45) is 5.92 Å². The van der Waals surface area contributed by atoms with Gasteiger partial charge in [-0.05, 0) is 43.0 Å². The van der Waals surface area contributed by atoms with Gasteiger partial charge in [0.15, 0.2) is 30.2 Å². The highest BCUT2D eigenvalue weighted by atomic mass is 16.7. The van der Waals surface area contributed by atoms with Gasteiger partial charge in [-0.3, -0.25) is 0 Å². The smallest absolute Gasteiger partial charge is 0.331 e. The Hall–Kier alpha value is -2.33. The van der Waals surface area contributed by atoms with Crippen molar-refractivity contribution in [3.8, 4) is 11.5 Å². The Bertz CT molecular complexity index is 985. The molecule has 0 amide bonds. The average molecular weight is 573 g/mol. The molecule has 1 aromatic carbocycles. The van der Waals surface area contributed by atoms with Crippen LogP contribution in [0.4, 0.5) is 0 Å². The predicted molar refractivity (Wildman–Crippen MR) is 138 cm³/mol.